The molecule has 1 aromatic heterocycles. The van der Waals surface area contributed by atoms with Gasteiger partial charge in [-0.3, -0.25) is 9.59 Å². The third-order valence-electron chi connectivity index (χ3n) is 7.66. The number of hydrogen-bond donors (Lipinski definition) is 1. The quantitative estimate of drug-likeness (QED) is 0.0846. The van der Waals surface area contributed by atoms with Crippen LogP contribution in [0.4, 0.5) is 0 Å². The Bertz CT molecular complexity index is 1560. The maximum atomic E-state index is 13.4. The Hall–Kier alpha value is -4.85. The van der Waals surface area contributed by atoms with Gasteiger partial charge in [0, 0.05) is 31.0 Å². The summed E-state index contributed by atoms with van der Waals surface area (Å²) in [6, 6.07) is 21.6. The number of aliphatic hydroxyl groups is 1. The van der Waals surface area contributed by atoms with E-state index < -0.39 is 17.7 Å². The number of ether oxygens (including phenoxy) is 2. The lowest BCUT2D eigenvalue weighted by Crippen LogP contribution is -2.31. The molecule has 1 aliphatic rings. The Labute approximate surface area is 252 Å². The summed E-state index contributed by atoms with van der Waals surface area (Å²) in [5, 5.41) is 11.5. The van der Waals surface area contributed by atoms with Gasteiger partial charge in [0.2, 0.25) is 0 Å². The van der Waals surface area contributed by atoms with E-state index in [4.69, 9.17) is 9.47 Å². The fourth-order valence-corrected chi connectivity index (χ4v) is 5.18. The van der Waals surface area contributed by atoms with Gasteiger partial charge >= 0.3 is 0 Å². The number of amides is 1. The first kappa shape index (κ1) is 29.6. The zero-order chi connectivity index (χ0) is 30.2. The number of aryl methyl sites for hydroxylation is 2. The number of benzene rings is 3. The molecule has 43 heavy (non-hydrogen) atoms. The number of ketones is 1. The van der Waals surface area contributed by atoms with Gasteiger partial charge in [-0.05, 0) is 72.9 Å². The SMILES string of the molecule is CCCCOc1ccc(C2C(=C(O)c3ccc(OCc4ccccc4C)cc3)C(=O)C(=O)N2CCCn2ccnc2)cc1. The third kappa shape index (κ3) is 6.97. The number of aliphatic hydroxyl groups excluding tert-OH is 1. The summed E-state index contributed by atoms with van der Waals surface area (Å²) in [6.07, 6.45) is 7.88. The molecule has 2 heterocycles. The second-order valence-electron chi connectivity index (χ2n) is 10.7. The van der Waals surface area contributed by atoms with Crippen molar-refractivity contribution < 1.29 is 24.2 Å². The minimum absolute atomic E-state index is 0.0702. The van der Waals surface area contributed by atoms with Crippen molar-refractivity contribution >= 4 is 17.4 Å². The molecule has 1 aliphatic heterocycles. The highest BCUT2D eigenvalue weighted by Crippen LogP contribution is 2.40. The van der Waals surface area contributed by atoms with E-state index in [0.29, 0.717) is 44.0 Å². The van der Waals surface area contributed by atoms with E-state index in [1.165, 1.54) is 0 Å². The van der Waals surface area contributed by atoms with Crippen molar-refractivity contribution in [1.29, 1.82) is 0 Å². The Kier molecular flexibility index (Phi) is 9.56. The summed E-state index contributed by atoms with van der Waals surface area (Å²) in [5.41, 5.74) is 3.46. The number of unbranched alkanes of at least 4 members (excludes halogenated alkanes) is 1. The third-order valence-corrected chi connectivity index (χ3v) is 7.66. The van der Waals surface area contributed by atoms with E-state index in [-0.39, 0.29) is 11.3 Å². The number of imidazole rings is 1. The molecule has 0 saturated carbocycles. The molecule has 1 amide bonds. The first-order valence-corrected chi connectivity index (χ1v) is 14.7. The monoisotopic (exact) mass is 579 g/mol. The van der Waals surface area contributed by atoms with Crippen LogP contribution in [0.3, 0.4) is 0 Å². The lowest BCUT2D eigenvalue weighted by Gasteiger charge is -2.25. The molecule has 1 saturated heterocycles. The van der Waals surface area contributed by atoms with Crippen LogP contribution >= 0.6 is 0 Å². The Morgan fingerprint density at radius 3 is 2.33 bits per heavy atom. The van der Waals surface area contributed by atoms with Gasteiger partial charge in [0.15, 0.2) is 0 Å². The van der Waals surface area contributed by atoms with Crippen molar-refractivity contribution in [1.82, 2.24) is 14.5 Å². The van der Waals surface area contributed by atoms with Gasteiger partial charge in [0.25, 0.3) is 11.7 Å². The van der Waals surface area contributed by atoms with Gasteiger partial charge < -0.3 is 24.0 Å². The average molecular weight is 580 g/mol. The van der Waals surface area contributed by atoms with Crippen LogP contribution in [-0.4, -0.2) is 44.4 Å². The number of nitrogens with zero attached hydrogens (tertiary/aromatic N) is 3. The number of carbonyl (C=O) groups is 2. The van der Waals surface area contributed by atoms with Crippen LogP contribution in [0.2, 0.25) is 0 Å². The zero-order valence-corrected chi connectivity index (χ0v) is 24.6. The molecule has 5 rings (SSSR count). The first-order valence-electron chi connectivity index (χ1n) is 14.7. The number of carbonyl (C=O) groups excluding carboxylic acids is 2. The largest absolute Gasteiger partial charge is 0.507 e. The Balaban J connectivity index is 1.40. The minimum Gasteiger partial charge on any atom is -0.507 e. The standard InChI is InChI=1S/C35H37N3O5/c1-3-4-22-42-29-14-10-26(11-15-29)32-31(34(40)35(41)38(32)20-7-19-37-21-18-36-24-37)33(39)27-12-16-30(17-13-27)43-23-28-9-6-5-8-25(28)2/h5-6,8-18,21,24,32,39H,3-4,7,19-20,22-23H2,1-2H3. The van der Waals surface area contributed by atoms with Crippen LogP contribution in [-0.2, 0) is 22.7 Å². The topological polar surface area (TPSA) is 93.9 Å². The molecule has 1 unspecified atom stereocenters. The van der Waals surface area contributed by atoms with Gasteiger partial charge in [-0.15, -0.1) is 0 Å². The predicted molar refractivity (Wildman–Crippen MR) is 165 cm³/mol. The lowest BCUT2D eigenvalue weighted by atomic mass is 9.95. The Morgan fingerprint density at radius 1 is 0.907 bits per heavy atom. The number of Topliss-reactive ketones (excluding diaryl/α,β-unsaturated/α-hetero) is 1. The van der Waals surface area contributed by atoms with Crippen molar-refractivity contribution in [3.05, 3.63) is 119 Å². The van der Waals surface area contributed by atoms with Gasteiger partial charge in [0.05, 0.1) is 24.5 Å². The highest BCUT2D eigenvalue weighted by atomic mass is 16.5. The number of aromatic nitrogens is 2. The lowest BCUT2D eigenvalue weighted by molar-refractivity contribution is -0.139. The van der Waals surface area contributed by atoms with E-state index in [1.54, 1.807) is 41.7 Å². The molecular formula is C35H37N3O5. The molecule has 3 aromatic carbocycles. The zero-order valence-electron chi connectivity index (χ0n) is 24.6. The number of rotatable bonds is 13. The van der Waals surface area contributed by atoms with Gasteiger partial charge in [-0.25, -0.2) is 4.98 Å². The van der Waals surface area contributed by atoms with Crippen molar-refractivity contribution in [3.8, 4) is 11.5 Å². The maximum absolute atomic E-state index is 13.4. The molecule has 8 heteroatoms. The van der Waals surface area contributed by atoms with E-state index >= 15 is 0 Å². The molecule has 1 fully saturated rings. The molecule has 0 spiro atoms. The van der Waals surface area contributed by atoms with Crippen LogP contribution < -0.4 is 9.47 Å². The molecule has 222 valence electrons. The summed E-state index contributed by atoms with van der Waals surface area (Å²) >= 11 is 0. The molecule has 1 atom stereocenters. The number of likely N-dealkylation sites (tertiary alicyclic amines) is 1. The molecule has 0 radical (unpaired) electrons. The predicted octanol–water partition coefficient (Wildman–Crippen LogP) is 6.46. The molecule has 1 N–H and O–H groups in total. The highest BCUT2D eigenvalue weighted by Gasteiger charge is 2.45. The van der Waals surface area contributed by atoms with E-state index in [9.17, 15) is 14.7 Å². The molecular weight excluding hydrogens is 542 g/mol. The van der Waals surface area contributed by atoms with Crippen LogP contribution in [0.15, 0.2) is 97.1 Å². The summed E-state index contributed by atoms with van der Waals surface area (Å²) < 4.78 is 13.7. The van der Waals surface area contributed by atoms with Crippen LogP contribution in [0.5, 0.6) is 11.5 Å². The van der Waals surface area contributed by atoms with E-state index in [0.717, 1.165) is 35.3 Å². The summed E-state index contributed by atoms with van der Waals surface area (Å²) in [5.74, 6) is -0.188. The summed E-state index contributed by atoms with van der Waals surface area (Å²) in [6.45, 7) is 6.16. The van der Waals surface area contributed by atoms with Gasteiger partial charge in [-0.2, -0.15) is 0 Å². The van der Waals surface area contributed by atoms with Gasteiger partial charge in [-0.1, -0.05) is 49.7 Å². The van der Waals surface area contributed by atoms with Crippen LogP contribution in [0.1, 0.15) is 54.5 Å². The second-order valence-corrected chi connectivity index (χ2v) is 10.7. The molecule has 4 aromatic rings. The second kappa shape index (κ2) is 13.9. The van der Waals surface area contributed by atoms with Gasteiger partial charge in [0.1, 0.15) is 23.9 Å². The average Bonchev–Trinajstić information content (AvgIpc) is 3.63. The van der Waals surface area contributed by atoms with Crippen LogP contribution in [0.25, 0.3) is 5.76 Å². The highest BCUT2D eigenvalue weighted by molar-refractivity contribution is 6.46. The van der Waals surface area contributed by atoms with E-state index in [1.807, 2.05) is 66.2 Å². The smallest absolute Gasteiger partial charge is 0.295 e. The maximum Gasteiger partial charge on any atom is 0.295 e. The normalized spacial score (nSPS) is 16.0. The van der Waals surface area contributed by atoms with Crippen molar-refractivity contribution in [2.45, 2.75) is 52.3 Å². The fourth-order valence-electron chi connectivity index (χ4n) is 5.18. The summed E-state index contributed by atoms with van der Waals surface area (Å²) in [7, 11) is 0. The summed E-state index contributed by atoms with van der Waals surface area (Å²) in [4.78, 5) is 32.4. The fraction of sp³-hybridized carbons (Fsp3) is 0.286. The van der Waals surface area contributed by atoms with Crippen molar-refractivity contribution in [2.75, 3.05) is 13.2 Å². The molecule has 0 bridgehead atoms. The molecule has 8 nitrogen and oxygen atoms in total. The molecule has 0 aliphatic carbocycles. The van der Waals surface area contributed by atoms with E-state index in [2.05, 4.69) is 11.9 Å². The first-order chi connectivity index (χ1) is 21.0. The Morgan fingerprint density at radius 2 is 1.63 bits per heavy atom. The van der Waals surface area contributed by atoms with Crippen molar-refractivity contribution in [3.63, 3.8) is 0 Å². The minimum atomic E-state index is -0.732. The number of hydrogen-bond acceptors (Lipinski definition) is 6. The van der Waals surface area contributed by atoms with Crippen LogP contribution in [0, 0.1) is 6.92 Å². The van der Waals surface area contributed by atoms with Crippen molar-refractivity contribution in [2.24, 2.45) is 0 Å².